The van der Waals surface area contributed by atoms with E-state index in [0.29, 0.717) is 0 Å². The molecule has 4 nitrogen and oxygen atoms in total. The highest BCUT2D eigenvalue weighted by molar-refractivity contribution is 7.19. The molecule has 0 bridgehead atoms. The number of aromatic amines is 1. The summed E-state index contributed by atoms with van der Waals surface area (Å²) in [6.45, 7) is 0. The van der Waals surface area contributed by atoms with Crippen LogP contribution in [-0.2, 0) is 0 Å². The summed E-state index contributed by atoms with van der Waals surface area (Å²) in [4.78, 5) is 8.95. The topological polar surface area (TPSA) is 46.0 Å². The van der Waals surface area contributed by atoms with Gasteiger partial charge in [0.15, 0.2) is 5.01 Å². The fourth-order valence-electron chi connectivity index (χ4n) is 2.76. The van der Waals surface area contributed by atoms with Gasteiger partial charge in [-0.1, -0.05) is 53.3 Å². The van der Waals surface area contributed by atoms with Crippen LogP contribution in [0, 0.1) is 0 Å². The summed E-state index contributed by atoms with van der Waals surface area (Å²) in [5.41, 5.74) is 4.06. The van der Waals surface area contributed by atoms with Crippen molar-refractivity contribution in [2.24, 2.45) is 0 Å². The lowest BCUT2D eigenvalue weighted by molar-refractivity contribution is 0.976. The molecule has 0 atom stereocenters. The maximum absolute atomic E-state index is 5.94. The lowest BCUT2D eigenvalue weighted by Gasteiger charge is -1.95. The molecule has 0 aliphatic heterocycles. The average molecular weight is 351 g/mol. The minimum atomic E-state index is 0.721. The van der Waals surface area contributed by atoms with Crippen LogP contribution in [0.15, 0.2) is 60.8 Å². The van der Waals surface area contributed by atoms with E-state index in [-0.39, 0.29) is 0 Å². The van der Waals surface area contributed by atoms with Crippen molar-refractivity contribution in [1.29, 1.82) is 0 Å². The molecule has 0 aliphatic carbocycles. The summed E-state index contributed by atoms with van der Waals surface area (Å²) in [6.07, 6.45) is 1.95. The summed E-state index contributed by atoms with van der Waals surface area (Å²) in [5, 5.41) is 7.49. The molecule has 116 valence electrons. The number of aromatic nitrogens is 4. The van der Waals surface area contributed by atoms with Gasteiger partial charge in [-0.15, -0.1) is 0 Å². The fraction of sp³-hybridized carbons (Fsp3) is 0. The lowest BCUT2D eigenvalue weighted by Crippen LogP contribution is -1.82. The van der Waals surface area contributed by atoms with Crippen molar-refractivity contribution < 1.29 is 0 Å². The van der Waals surface area contributed by atoms with Crippen LogP contribution in [0.25, 0.3) is 37.8 Å². The van der Waals surface area contributed by atoms with E-state index < -0.39 is 0 Å². The molecule has 3 heterocycles. The lowest BCUT2D eigenvalue weighted by atomic mass is 10.2. The highest BCUT2D eigenvalue weighted by atomic mass is 35.5. The third-order valence-corrected chi connectivity index (χ3v) is 5.15. The van der Waals surface area contributed by atoms with Gasteiger partial charge in [-0.3, -0.25) is 0 Å². The number of para-hydroxylation sites is 1. The average Bonchev–Trinajstić information content (AvgIpc) is 3.27. The van der Waals surface area contributed by atoms with Gasteiger partial charge in [-0.25, -0.2) is 9.50 Å². The predicted molar refractivity (Wildman–Crippen MR) is 98.6 cm³/mol. The molecule has 5 rings (SSSR count). The van der Waals surface area contributed by atoms with Gasteiger partial charge in [0.2, 0.25) is 4.96 Å². The van der Waals surface area contributed by atoms with E-state index in [1.165, 1.54) is 5.39 Å². The third-order valence-electron chi connectivity index (χ3n) is 3.94. The summed E-state index contributed by atoms with van der Waals surface area (Å²) in [7, 11) is 0. The number of halogens is 1. The summed E-state index contributed by atoms with van der Waals surface area (Å²) < 4.78 is 1.83. The van der Waals surface area contributed by atoms with Crippen molar-refractivity contribution in [2.45, 2.75) is 0 Å². The molecule has 24 heavy (non-hydrogen) atoms. The fourth-order valence-corrected chi connectivity index (χ4v) is 3.74. The minimum absolute atomic E-state index is 0.721. The summed E-state index contributed by atoms with van der Waals surface area (Å²) in [6, 6.07) is 18.0. The van der Waals surface area contributed by atoms with Gasteiger partial charge in [0.1, 0.15) is 0 Å². The van der Waals surface area contributed by atoms with Crippen molar-refractivity contribution >= 4 is 38.8 Å². The molecular formula is C18H11ClN4S. The number of H-pyrrole nitrogens is 1. The Balaban J connectivity index is 1.57. The summed E-state index contributed by atoms with van der Waals surface area (Å²) in [5.74, 6) is 0. The monoisotopic (exact) mass is 350 g/mol. The first-order chi connectivity index (χ1) is 11.8. The molecule has 0 aliphatic rings. The van der Waals surface area contributed by atoms with Crippen molar-refractivity contribution in [3.8, 4) is 22.0 Å². The number of nitrogens with one attached hydrogen (secondary N) is 1. The predicted octanol–water partition coefficient (Wildman–Crippen LogP) is 5.26. The molecule has 6 heteroatoms. The van der Waals surface area contributed by atoms with Gasteiger partial charge in [0.25, 0.3) is 0 Å². The maximum atomic E-state index is 5.94. The second-order valence-corrected chi connectivity index (χ2v) is 6.93. The van der Waals surface area contributed by atoms with Gasteiger partial charge in [-0.2, -0.15) is 5.10 Å². The Morgan fingerprint density at radius 1 is 1.04 bits per heavy atom. The van der Waals surface area contributed by atoms with Crippen LogP contribution in [0.5, 0.6) is 0 Å². The smallest absolute Gasteiger partial charge is 0.213 e. The van der Waals surface area contributed by atoms with E-state index in [9.17, 15) is 0 Å². The molecule has 2 aromatic carbocycles. The van der Waals surface area contributed by atoms with E-state index >= 15 is 0 Å². The third kappa shape index (κ3) is 2.21. The molecule has 1 N–H and O–H groups in total. The first-order valence-corrected chi connectivity index (χ1v) is 8.66. The first kappa shape index (κ1) is 13.8. The number of rotatable bonds is 2. The number of hydrogen-bond donors (Lipinski definition) is 1. The van der Waals surface area contributed by atoms with Crippen LogP contribution < -0.4 is 0 Å². The quantitative estimate of drug-likeness (QED) is 0.472. The highest BCUT2D eigenvalue weighted by Crippen LogP contribution is 2.30. The van der Waals surface area contributed by atoms with Crippen molar-refractivity contribution in [3.05, 3.63) is 65.8 Å². The van der Waals surface area contributed by atoms with Crippen LogP contribution in [-0.4, -0.2) is 19.6 Å². The van der Waals surface area contributed by atoms with Gasteiger partial charge < -0.3 is 4.98 Å². The Morgan fingerprint density at radius 2 is 1.88 bits per heavy atom. The van der Waals surface area contributed by atoms with E-state index in [1.54, 1.807) is 11.3 Å². The number of benzene rings is 2. The van der Waals surface area contributed by atoms with E-state index in [4.69, 9.17) is 11.6 Å². The zero-order valence-electron chi connectivity index (χ0n) is 12.4. The zero-order chi connectivity index (χ0) is 16.1. The first-order valence-electron chi connectivity index (χ1n) is 7.46. The minimum Gasteiger partial charge on any atom is -0.353 e. The van der Waals surface area contributed by atoms with Gasteiger partial charge >= 0.3 is 0 Å². The standard InChI is InChI=1S/C18H11ClN4S/c19-13-7-5-11(6-8-13)16-10-23-18(21-16)24-17(22-23)15-9-12-3-1-2-4-14(12)20-15/h1-10,20H. The highest BCUT2D eigenvalue weighted by Gasteiger charge is 2.12. The molecule has 0 spiro atoms. The zero-order valence-corrected chi connectivity index (χ0v) is 14.0. The Morgan fingerprint density at radius 3 is 2.67 bits per heavy atom. The van der Waals surface area contributed by atoms with Gasteiger partial charge in [-0.05, 0) is 24.3 Å². The SMILES string of the molecule is Clc1ccc(-c2cn3nc(-c4cc5ccccc5[nH]4)sc3n2)cc1. The summed E-state index contributed by atoms with van der Waals surface area (Å²) >= 11 is 7.51. The molecular weight excluding hydrogens is 340 g/mol. The van der Waals surface area contributed by atoms with Crippen LogP contribution >= 0.6 is 22.9 Å². The number of hydrogen-bond acceptors (Lipinski definition) is 3. The Hall–Kier alpha value is -2.63. The Labute approximate surface area is 146 Å². The normalized spacial score (nSPS) is 11.5. The second-order valence-electron chi connectivity index (χ2n) is 5.54. The molecule has 0 fully saturated rings. The molecule has 0 saturated heterocycles. The molecule has 0 amide bonds. The van der Waals surface area contributed by atoms with Crippen LogP contribution in [0.3, 0.4) is 0 Å². The molecule has 5 aromatic rings. The van der Waals surface area contributed by atoms with Gasteiger partial charge in [0.05, 0.1) is 17.6 Å². The van der Waals surface area contributed by atoms with Gasteiger partial charge in [0, 0.05) is 21.5 Å². The molecule has 3 aromatic heterocycles. The Kier molecular flexibility index (Phi) is 2.98. The van der Waals surface area contributed by atoms with Crippen molar-refractivity contribution in [2.75, 3.05) is 0 Å². The molecule has 0 saturated carbocycles. The molecule has 0 radical (unpaired) electrons. The molecule has 0 unspecified atom stereocenters. The number of nitrogens with zero attached hydrogens (tertiary/aromatic N) is 3. The number of fused-ring (bicyclic) bond motifs is 2. The van der Waals surface area contributed by atoms with E-state index in [2.05, 4.69) is 33.3 Å². The van der Waals surface area contributed by atoms with Crippen molar-refractivity contribution in [1.82, 2.24) is 19.6 Å². The van der Waals surface area contributed by atoms with Crippen LogP contribution in [0.4, 0.5) is 0 Å². The maximum Gasteiger partial charge on any atom is 0.213 e. The second kappa shape index (κ2) is 5.19. The van der Waals surface area contributed by atoms with E-state index in [1.807, 2.05) is 47.1 Å². The van der Waals surface area contributed by atoms with Crippen molar-refractivity contribution in [3.63, 3.8) is 0 Å². The van der Waals surface area contributed by atoms with Crippen LogP contribution in [0.1, 0.15) is 0 Å². The Bertz CT molecular complexity index is 1100. The number of imidazole rings is 1. The van der Waals surface area contributed by atoms with E-state index in [0.717, 1.165) is 37.5 Å². The van der Waals surface area contributed by atoms with Crippen LogP contribution in [0.2, 0.25) is 5.02 Å². The largest absolute Gasteiger partial charge is 0.353 e.